The van der Waals surface area contributed by atoms with Crippen LogP contribution in [0.1, 0.15) is 24.5 Å². The van der Waals surface area contributed by atoms with Crippen molar-refractivity contribution in [2.75, 3.05) is 12.9 Å². The van der Waals surface area contributed by atoms with Gasteiger partial charge in [-0.15, -0.1) is 0 Å². The third-order valence-corrected chi connectivity index (χ3v) is 5.04. The molecule has 0 radical (unpaired) electrons. The van der Waals surface area contributed by atoms with E-state index in [2.05, 4.69) is 9.98 Å². The van der Waals surface area contributed by atoms with Crippen LogP contribution in [0, 0.1) is 11.6 Å². The lowest BCUT2D eigenvalue weighted by atomic mass is 9.87. The minimum absolute atomic E-state index is 0.287. The number of amidine groups is 1. The first kappa shape index (κ1) is 17.8. The summed E-state index contributed by atoms with van der Waals surface area (Å²) < 4.78 is 34.0. The largest absolute Gasteiger partial charge is 0.380 e. The monoisotopic (exact) mass is 363 g/mol. The van der Waals surface area contributed by atoms with E-state index in [1.165, 1.54) is 17.8 Å². The maximum atomic E-state index is 14.5. The number of hydrogen-bond acceptors (Lipinski definition) is 5. The van der Waals surface area contributed by atoms with Gasteiger partial charge in [0, 0.05) is 48.0 Å². The van der Waals surface area contributed by atoms with Crippen LogP contribution in [-0.2, 0) is 16.9 Å². The molecule has 0 saturated carbocycles. The third-order valence-electron chi connectivity index (χ3n) is 4.25. The summed E-state index contributed by atoms with van der Waals surface area (Å²) in [6.07, 6.45) is 3.83. The molecule has 3 rings (SSSR count). The molecule has 25 heavy (non-hydrogen) atoms. The topological polar surface area (TPSA) is 60.5 Å². The van der Waals surface area contributed by atoms with Crippen molar-refractivity contribution >= 4 is 16.9 Å². The lowest BCUT2D eigenvalue weighted by Gasteiger charge is -2.30. The number of nitrogens with zero attached hydrogens (tertiary/aromatic N) is 2. The number of nitrogens with two attached hydrogens (primary N) is 1. The summed E-state index contributed by atoms with van der Waals surface area (Å²) in [7, 11) is 1.58. The first-order chi connectivity index (χ1) is 11.9. The number of ether oxygens (including phenoxy) is 1. The van der Waals surface area contributed by atoms with Gasteiger partial charge in [0.1, 0.15) is 11.6 Å². The van der Waals surface area contributed by atoms with Gasteiger partial charge >= 0.3 is 0 Å². The highest BCUT2D eigenvalue weighted by atomic mass is 32.2. The summed E-state index contributed by atoms with van der Waals surface area (Å²) in [5, 5.41) is 0.419. The van der Waals surface area contributed by atoms with Gasteiger partial charge in [0.05, 0.1) is 12.1 Å². The van der Waals surface area contributed by atoms with Gasteiger partial charge in [0.2, 0.25) is 0 Å². The molecule has 2 N–H and O–H groups in total. The fourth-order valence-electron chi connectivity index (χ4n) is 2.94. The highest BCUT2D eigenvalue weighted by Crippen LogP contribution is 2.39. The van der Waals surface area contributed by atoms with E-state index in [1.54, 1.807) is 25.6 Å². The van der Waals surface area contributed by atoms with Crippen LogP contribution in [0.3, 0.4) is 0 Å². The van der Waals surface area contributed by atoms with Crippen molar-refractivity contribution in [1.29, 1.82) is 0 Å². The second kappa shape index (κ2) is 7.09. The van der Waals surface area contributed by atoms with E-state index >= 15 is 0 Å². The number of pyridine rings is 1. The van der Waals surface area contributed by atoms with E-state index in [0.717, 1.165) is 17.4 Å². The van der Waals surface area contributed by atoms with E-state index in [0.29, 0.717) is 29.3 Å². The molecule has 0 amide bonds. The normalized spacial score (nSPS) is 20.4. The molecule has 2 heterocycles. The second-order valence-corrected chi connectivity index (χ2v) is 7.26. The van der Waals surface area contributed by atoms with Gasteiger partial charge in [-0.2, -0.15) is 0 Å². The van der Waals surface area contributed by atoms with Crippen LogP contribution in [0.5, 0.6) is 0 Å². The van der Waals surface area contributed by atoms with Gasteiger partial charge in [-0.25, -0.2) is 8.78 Å². The quantitative estimate of drug-likeness (QED) is 0.897. The Kier molecular flexibility index (Phi) is 5.06. The van der Waals surface area contributed by atoms with Crippen molar-refractivity contribution < 1.29 is 13.5 Å². The van der Waals surface area contributed by atoms with Crippen molar-refractivity contribution in [3.63, 3.8) is 0 Å². The predicted octanol–water partition coefficient (Wildman–Crippen LogP) is 3.84. The first-order valence-corrected chi connectivity index (χ1v) is 8.82. The lowest BCUT2D eigenvalue weighted by Crippen LogP contribution is -2.29. The minimum Gasteiger partial charge on any atom is -0.380 e. The minimum atomic E-state index is -0.806. The maximum Gasteiger partial charge on any atom is 0.154 e. The summed E-state index contributed by atoms with van der Waals surface area (Å²) in [6, 6.07) is 4.21. The summed E-state index contributed by atoms with van der Waals surface area (Å²) in [6.45, 7) is 2.19. The molecule has 1 aliphatic heterocycles. The molecule has 4 nitrogen and oxygen atoms in total. The van der Waals surface area contributed by atoms with Crippen LogP contribution in [0.4, 0.5) is 8.78 Å². The zero-order chi connectivity index (χ0) is 18.0. The molecule has 0 aliphatic carbocycles. The first-order valence-electron chi connectivity index (χ1n) is 7.84. The highest BCUT2D eigenvalue weighted by Gasteiger charge is 2.33. The molecular formula is C18H19F2N3OS. The van der Waals surface area contributed by atoms with Gasteiger partial charge in [-0.3, -0.25) is 9.98 Å². The zero-order valence-corrected chi connectivity index (χ0v) is 14.9. The Labute approximate surface area is 149 Å². The van der Waals surface area contributed by atoms with Crippen LogP contribution < -0.4 is 5.73 Å². The molecule has 1 aromatic carbocycles. The Hall–Kier alpha value is -1.99. The Balaban J connectivity index is 2.10. The number of aliphatic imine (C=N–C) groups is 1. The van der Waals surface area contributed by atoms with Crippen molar-refractivity contribution in [1.82, 2.24) is 4.98 Å². The smallest absolute Gasteiger partial charge is 0.154 e. The maximum absolute atomic E-state index is 14.5. The Morgan fingerprint density at radius 3 is 2.76 bits per heavy atom. The fourth-order valence-corrected chi connectivity index (χ4v) is 3.92. The molecule has 1 aromatic heterocycles. The summed E-state index contributed by atoms with van der Waals surface area (Å²) in [5.41, 5.74) is 7.02. The lowest BCUT2D eigenvalue weighted by molar-refractivity contribution is 0.184. The van der Waals surface area contributed by atoms with Crippen LogP contribution in [0.2, 0.25) is 0 Å². The summed E-state index contributed by atoms with van der Waals surface area (Å²) in [5.74, 6) is -0.514. The number of halogens is 2. The van der Waals surface area contributed by atoms with Gasteiger partial charge in [-0.05, 0) is 31.0 Å². The SMILES string of the molecule is COCc1cncc(-c2cc(C3(C)CCSC(N)=N3)c(F)cc2F)c1. The molecule has 0 spiro atoms. The van der Waals surface area contributed by atoms with E-state index in [-0.39, 0.29) is 5.56 Å². The molecule has 1 aliphatic rings. The van der Waals surface area contributed by atoms with Crippen molar-refractivity contribution in [3.05, 3.63) is 53.4 Å². The molecule has 0 saturated heterocycles. The second-order valence-electron chi connectivity index (χ2n) is 6.15. The summed E-state index contributed by atoms with van der Waals surface area (Å²) >= 11 is 1.44. The number of aromatic nitrogens is 1. The van der Waals surface area contributed by atoms with Gasteiger partial charge in [0.25, 0.3) is 0 Å². The molecule has 0 bridgehead atoms. The van der Waals surface area contributed by atoms with Crippen LogP contribution in [-0.4, -0.2) is 23.0 Å². The number of hydrogen-bond donors (Lipinski definition) is 1. The van der Waals surface area contributed by atoms with Crippen LogP contribution >= 0.6 is 11.8 Å². The highest BCUT2D eigenvalue weighted by molar-refractivity contribution is 8.13. The predicted molar refractivity (Wildman–Crippen MR) is 96.4 cm³/mol. The zero-order valence-electron chi connectivity index (χ0n) is 14.1. The van der Waals surface area contributed by atoms with Crippen LogP contribution in [0.25, 0.3) is 11.1 Å². The Morgan fingerprint density at radius 1 is 1.24 bits per heavy atom. The van der Waals surface area contributed by atoms with Crippen molar-refractivity contribution in [3.8, 4) is 11.1 Å². The summed E-state index contributed by atoms with van der Waals surface area (Å²) in [4.78, 5) is 8.54. The van der Waals surface area contributed by atoms with E-state index in [9.17, 15) is 8.78 Å². The molecule has 2 aromatic rings. The Morgan fingerprint density at radius 2 is 2.04 bits per heavy atom. The van der Waals surface area contributed by atoms with Crippen molar-refractivity contribution in [2.45, 2.75) is 25.5 Å². The van der Waals surface area contributed by atoms with Crippen LogP contribution in [0.15, 0.2) is 35.6 Å². The van der Waals surface area contributed by atoms with E-state index in [1.807, 2.05) is 6.92 Å². The molecule has 0 fully saturated rings. The van der Waals surface area contributed by atoms with E-state index < -0.39 is 17.2 Å². The molecular weight excluding hydrogens is 344 g/mol. The third kappa shape index (κ3) is 3.67. The van der Waals surface area contributed by atoms with Gasteiger partial charge in [-0.1, -0.05) is 11.8 Å². The molecule has 1 unspecified atom stereocenters. The number of thioether (sulfide) groups is 1. The number of rotatable bonds is 4. The standard InChI is InChI=1S/C18H19F2N3OS/c1-18(3-4-25-17(21)23-18)14-6-13(15(19)7-16(14)20)12-5-11(10-24-2)8-22-9-12/h5-9H,3-4,10H2,1-2H3,(H2,21,23). The van der Waals surface area contributed by atoms with Gasteiger partial charge < -0.3 is 10.5 Å². The number of benzene rings is 1. The van der Waals surface area contributed by atoms with Crippen molar-refractivity contribution in [2.24, 2.45) is 10.7 Å². The van der Waals surface area contributed by atoms with E-state index in [4.69, 9.17) is 10.5 Å². The average Bonchev–Trinajstić information content (AvgIpc) is 2.55. The average molecular weight is 363 g/mol. The molecule has 132 valence electrons. The fraction of sp³-hybridized carbons (Fsp3) is 0.333. The Bertz CT molecular complexity index is 828. The molecule has 7 heteroatoms. The number of methoxy groups -OCH3 is 1. The molecule has 1 atom stereocenters. The van der Waals surface area contributed by atoms with Gasteiger partial charge in [0.15, 0.2) is 5.17 Å².